The Labute approximate surface area is 126 Å². The fourth-order valence-corrected chi connectivity index (χ4v) is 2.08. The van der Waals surface area contributed by atoms with Gasteiger partial charge in [0.05, 0.1) is 6.04 Å². The van der Waals surface area contributed by atoms with Crippen molar-refractivity contribution in [3.8, 4) is 0 Å². The van der Waals surface area contributed by atoms with Crippen molar-refractivity contribution in [2.75, 3.05) is 12.3 Å². The molecule has 5 heteroatoms. The van der Waals surface area contributed by atoms with E-state index in [0.29, 0.717) is 17.7 Å². The molecule has 20 heavy (non-hydrogen) atoms. The Bertz CT molecular complexity index is 397. The van der Waals surface area contributed by atoms with E-state index in [1.807, 2.05) is 0 Å². The molecule has 0 saturated heterocycles. The summed E-state index contributed by atoms with van der Waals surface area (Å²) in [6.07, 6.45) is 0. The van der Waals surface area contributed by atoms with Crippen molar-refractivity contribution in [3.63, 3.8) is 0 Å². The molecule has 2 N–H and O–H groups in total. The quantitative estimate of drug-likeness (QED) is 0.709. The Balaban J connectivity index is 4.54. The van der Waals surface area contributed by atoms with E-state index in [2.05, 4.69) is 44.6 Å². The Morgan fingerprint density at radius 3 is 2.00 bits per heavy atom. The number of carbonyl (C=O) groups excluding carboxylic acids is 2. The zero-order valence-electron chi connectivity index (χ0n) is 13.1. The maximum absolute atomic E-state index is 11.7. The SMILES string of the molecule is C=C(C)C(=O)NCC(CSC(C)(C)C)NC(=O)C(=C)C. The van der Waals surface area contributed by atoms with Gasteiger partial charge in [-0.3, -0.25) is 9.59 Å². The lowest BCUT2D eigenvalue weighted by molar-refractivity contribution is -0.119. The number of carbonyl (C=O) groups is 2. The second kappa shape index (κ2) is 8.15. The molecule has 0 fully saturated rings. The van der Waals surface area contributed by atoms with Gasteiger partial charge in [0, 0.05) is 28.2 Å². The van der Waals surface area contributed by atoms with Crippen molar-refractivity contribution in [1.29, 1.82) is 0 Å². The van der Waals surface area contributed by atoms with Crippen molar-refractivity contribution in [3.05, 3.63) is 24.3 Å². The van der Waals surface area contributed by atoms with Gasteiger partial charge in [0.1, 0.15) is 0 Å². The van der Waals surface area contributed by atoms with Crippen molar-refractivity contribution in [2.45, 2.75) is 45.4 Å². The molecule has 0 spiro atoms. The first-order chi connectivity index (χ1) is 9.03. The molecule has 0 radical (unpaired) electrons. The summed E-state index contributed by atoms with van der Waals surface area (Å²) in [6, 6.07) is -0.133. The van der Waals surface area contributed by atoms with Crippen LogP contribution in [0.15, 0.2) is 24.3 Å². The monoisotopic (exact) mass is 298 g/mol. The lowest BCUT2D eigenvalue weighted by Gasteiger charge is -2.24. The molecule has 4 nitrogen and oxygen atoms in total. The van der Waals surface area contributed by atoms with Gasteiger partial charge in [-0.2, -0.15) is 11.8 Å². The van der Waals surface area contributed by atoms with E-state index in [9.17, 15) is 9.59 Å². The van der Waals surface area contributed by atoms with Crippen molar-refractivity contribution < 1.29 is 9.59 Å². The lowest BCUT2D eigenvalue weighted by Crippen LogP contribution is -2.46. The third kappa shape index (κ3) is 8.80. The first kappa shape index (κ1) is 18.8. The minimum Gasteiger partial charge on any atom is -0.350 e. The zero-order valence-corrected chi connectivity index (χ0v) is 13.9. The summed E-state index contributed by atoms with van der Waals surface area (Å²) in [4.78, 5) is 23.2. The molecule has 0 aromatic carbocycles. The molecule has 2 amide bonds. The van der Waals surface area contributed by atoms with Crippen molar-refractivity contribution in [2.24, 2.45) is 0 Å². The molecule has 114 valence electrons. The molecule has 1 atom stereocenters. The molecule has 0 heterocycles. The van der Waals surface area contributed by atoms with Gasteiger partial charge in [0.15, 0.2) is 0 Å². The number of amides is 2. The van der Waals surface area contributed by atoms with Gasteiger partial charge in [-0.05, 0) is 13.8 Å². The van der Waals surface area contributed by atoms with Crippen LogP contribution in [0.2, 0.25) is 0 Å². The highest BCUT2D eigenvalue weighted by molar-refractivity contribution is 8.00. The largest absolute Gasteiger partial charge is 0.350 e. The highest BCUT2D eigenvalue weighted by atomic mass is 32.2. The van der Waals surface area contributed by atoms with Crippen LogP contribution < -0.4 is 10.6 Å². The predicted molar refractivity (Wildman–Crippen MR) is 86.8 cm³/mol. The minimum atomic E-state index is -0.194. The molecule has 0 aromatic heterocycles. The van der Waals surface area contributed by atoms with Crippen LogP contribution in [0.4, 0.5) is 0 Å². The molecule has 0 aromatic rings. The molecule has 0 aliphatic heterocycles. The van der Waals surface area contributed by atoms with Gasteiger partial charge >= 0.3 is 0 Å². The summed E-state index contributed by atoms with van der Waals surface area (Å²) in [5.41, 5.74) is 0.917. The Morgan fingerprint density at radius 1 is 1.10 bits per heavy atom. The maximum atomic E-state index is 11.7. The van der Waals surface area contributed by atoms with Crippen LogP contribution in [0.1, 0.15) is 34.6 Å². The summed E-state index contributed by atoms with van der Waals surface area (Å²) in [5, 5.41) is 5.65. The summed E-state index contributed by atoms with van der Waals surface area (Å²) < 4.78 is 0.102. The van der Waals surface area contributed by atoms with Crippen molar-refractivity contribution in [1.82, 2.24) is 10.6 Å². The average molecular weight is 298 g/mol. The smallest absolute Gasteiger partial charge is 0.246 e. The Kier molecular flexibility index (Phi) is 7.64. The first-order valence-corrected chi connectivity index (χ1v) is 7.55. The van der Waals surface area contributed by atoms with Crippen LogP contribution in [0.25, 0.3) is 0 Å². The third-order valence-electron chi connectivity index (χ3n) is 2.34. The van der Waals surface area contributed by atoms with E-state index in [1.165, 1.54) is 0 Å². The van der Waals surface area contributed by atoms with Gasteiger partial charge in [-0.15, -0.1) is 0 Å². The molecular weight excluding hydrogens is 272 g/mol. The van der Waals surface area contributed by atoms with Gasteiger partial charge in [-0.1, -0.05) is 33.9 Å². The van der Waals surface area contributed by atoms with Crippen LogP contribution in [-0.2, 0) is 9.59 Å². The standard InChI is InChI=1S/C15H26N2O2S/c1-10(2)13(18)16-8-12(9-20-15(5,6)7)17-14(19)11(3)4/h12H,1,3,8-9H2,2,4-7H3,(H,16,18)(H,17,19). The zero-order chi connectivity index (χ0) is 15.9. The van der Waals surface area contributed by atoms with Crippen LogP contribution in [0.5, 0.6) is 0 Å². The summed E-state index contributed by atoms with van der Waals surface area (Å²) in [6.45, 7) is 17.2. The van der Waals surface area contributed by atoms with E-state index in [0.717, 1.165) is 5.75 Å². The second-order valence-corrected chi connectivity index (χ2v) is 7.71. The van der Waals surface area contributed by atoms with Crippen molar-refractivity contribution >= 4 is 23.6 Å². The van der Waals surface area contributed by atoms with E-state index < -0.39 is 0 Å². The number of hydrogen-bond acceptors (Lipinski definition) is 3. The van der Waals surface area contributed by atoms with Crippen LogP contribution in [-0.4, -0.2) is 34.9 Å². The second-order valence-electron chi connectivity index (χ2n) is 5.86. The maximum Gasteiger partial charge on any atom is 0.246 e. The predicted octanol–water partition coefficient (Wildman–Crippen LogP) is 2.27. The van der Waals surface area contributed by atoms with Gasteiger partial charge in [0.2, 0.25) is 11.8 Å². The summed E-state index contributed by atoms with van der Waals surface area (Å²) in [5.74, 6) is 0.341. The van der Waals surface area contributed by atoms with Crippen LogP contribution in [0, 0.1) is 0 Å². The van der Waals surface area contributed by atoms with E-state index in [4.69, 9.17) is 0 Å². The Morgan fingerprint density at radius 2 is 1.60 bits per heavy atom. The van der Waals surface area contributed by atoms with E-state index in [-0.39, 0.29) is 22.6 Å². The molecule has 1 unspecified atom stereocenters. The normalized spacial score (nSPS) is 12.4. The topological polar surface area (TPSA) is 58.2 Å². The fraction of sp³-hybridized carbons (Fsp3) is 0.600. The van der Waals surface area contributed by atoms with E-state index >= 15 is 0 Å². The number of nitrogens with one attached hydrogen (secondary N) is 2. The molecular formula is C15H26N2O2S. The van der Waals surface area contributed by atoms with Crippen LogP contribution in [0.3, 0.4) is 0 Å². The number of rotatable bonds is 7. The third-order valence-corrected chi connectivity index (χ3v) is 3.77. The highest BCUT2D eigenvalue weighted by Crippen LogP contribution is 2.23. The van der Waals surface area contributed by atoms with Gasteiger partial charge in [-0.25, -0.2) is 0 Å². The van der Waals surface area contributed by atoms with Gasteiger partial charge < -0.3 is 10.6 Å². The van der Waals surface area contributed by atoms with Crippen LogP contribution >= 0.6 is 11.8 Å². The number of thioether (sulfide) groups is 1. The summed E-state index contributed by atoms with van der Waals surface area (Å²) >= 11 is 1.74. The highest BCUT2D eigenvalue weighted by Gasteiger charge is 2.18. The lowest BCUT2D eigenvalue weighted by atomic mass is 10.2. The van der Waals surface area contributed by atoms with E-state index in [1.54, 1.807) is 25.6 Å². The molecule has 0 saturated carbocycles. The molecule has 0 rings (SSSR count). The summed E-state index contributed by atoms with van der Waals surface area (Å²) in [7, 11) is 0. The fourth-order valence-electron chi connectivity index (χ4n) is 1.18. The average Bonchev–Trinajstić information content (AvgIpc) is 2.30. The van der Waals surface area contributed by atoms with Gasteiger partial charge in [0.25, 0.3) is 0 Å². The minimum absolute atomic E-state index is 0.102. The molecule has 0 aliphatic rings. The molecule has 0 aliphatic carbocycles. The first-order valence-electron chi connectivity index (χ1n) is 6.57. The molecule has 0 bridgehead atoms. The Hall–Kier alpha value is -1.23. The number of hydrogen-bond donors (Lipinski definition) is 2.